The number of carbonyl (C=O) groups excluding carboxylic acids is 3. The predicted molar refractivity (Wildman–Crippen MR) is 125 cm³/mol. The first-order valence-electron chi connectivity index (χ1n) is 11.0. The van der Waals surface area contributed by atoms with E-state index in [0.717, 1.165) is 11.6 Å². The molecular formula is C24H26ClN3O6. The fourth-order valence-electron chi connectivity index (χ4n) is 3.94. The third-order valence-electron chi connectivity index (χ3n) is 5.64. The summed E-state index contributed by atoms with van der Waals surface area (Å²) in [7, 11) is 0. The molecule has 0 saturated carbocycles. The van der Waals surface area contributed by atoms with Gasteiger partial charge in [0, 0.05) is 31.1 Å². The van der Waals surface area contributed by atoms with Gasteiger partial charge in [-0.05, 0) is 37.5 Å². The lowest BCUT2D eigenvalue weighted by atomic mass is 9.96. The molecule has 0 spiro atoms. The molecule has 180 valence electrons. The zero-order valence-electron chi connectivity index (χ0n) is 18.7. The van der Waals surface area contributed by atoms with Gasteiger partial charge in [-0.3, -0.25) is 24.5 Å². The van der Waals surface area contributed by atoms with E-state index in [-0.39, 0.29) is 42.0 Å². The molecule has 34 heavy (non-hydrogen) atoms. The number of likely N-dealkylation sites (tertiary alicyclic amines) is 1. The summed E-state index contributed by atoms with van der Waals surface area (Å²) in [5, 5.41) is 13.8. The molecule has 1 aliphatic heterocycles. The number of carbonyl (C=O) groups is 3. The number of rotatable bonds is 8. The van der Waals surface area contributed by atoms with Crippen molar-refractivity contribution in [3.05, 3.63) is 74.8 Å². The van der Waals surface area contributed by atoms with Crippen LogP contribution in [0.1, 0.15) is 35.7 Å². The Bertz CT molecular complexity index is 1060. The number of ether oxygens (including phenoxy) is 1. The van der Waals surface area contributed by atoms with Gasteiger partial charge >= 0.3 is 5.97 Å². The van der Waals surface area contributed by atoms with Crippen molar-refractivity contribution in [2.75, 3.05) is 19.7 Å². The Balaban J connectivity index is 1.81. The van der Waals surface area contributed by atoms with Crippen molar-refractivity contribution in [1.82, 2.24) is 10.2 Å². The first kappa shape index (κ1) is 25.2. The van der Waals surface area contributed by atoms with Crippen molar-refractivity contribution in [1.29, 1.82) is 0 Å². The number of piperidine rings is 1. The van der Waals surface area contributed by atoms with E-state index in [4.69, 9.17) is 16.3 Å². The SMILES string of the molecule is CCOC(=O)C1CCCN(C(=O)C(Cc2ccccc2)NC(=O)c2ccc(Cl)c([N+](=O)[O-])c2)C1. The van der Waals surface area contributed by atoms with Crippen LogP contribution in [0.5, 0.6) is 0 Å². The minimum Gasteiger partial charge on any atom is -0.466 e. The number of halogens is 1. The van der Waals surface area contributed by atoms with Crippen LogP contribution < -0.4 is 5.32 Å². The fourth-order valence-corrected chi connectivity index (χ4v) is 4.12. The Morgan fingerprint density at radius 2 is 1.97 bits per heavy atom. The molecular weight excluding hydrogens is 462 g/mol. The van der Waals surface area contributed by atoms with Crippen molar-refractivity contribution in [3.8, 4) is 0 Å². The minimum atomic E-state index is -0.925. The molecule has 9 nitrogen and oxygen atoms in total. The summed E-state index contributed by atoms with van der Waals surface area (Å²) in [5.41, 5.74) is 0.459. The highest BCUT2D eigenvalue weighted by Gasteiger charge is 2.33. The Morgan fingerprint density at radius 1 is 1.24 bits per heavy atom. The number of nitrogens with zero attached hydrogens (tertiary/aromatic N) is 2. The van der Waals surface area contributed by atoms with E-state index in [1.807, 2.05) is 30.3 Å². The molecule has 2 unspecified atom stereocenters. The normalized spacial score (nSPS) is 16.4. The smallest absolute Gasteiger partial charge is 0.310 e. The second-order valence-electron chi connectivity index (χ2n) is 8.01. The largest absolute Gasteiger partial charge is 0.466 e. The Morgan fingerprint density at radius 3 is 2.65 bits per heavy atom. The molecule has 0 radical (unpaired) electrons. The summed E-state index contributed by atoms with van der Waals surface area (Å²) in [6.45, 7) is 2.67. The molecule has 0 aromatic heterocycles. The summed E-state index contributed by atoms with van der Waals surface area (Å²) in [5.74, 6) is -1.70. The maximum absolute atomic E-state index is 13.5. The number of nitro groups is 1. The second kappa shape index (κ2) is 11.6. The molecule has 0 aliphatic carbocycles. The van der Waals surface area contributed by atoms with Gasteiger partial charge < -0.3 is 15.0 Å². The van der Waals surface area contributed by atoms with Crippen molar-refractivity contribution in [3.63, 3.8) is 0 Å². The van der Waals surface area contributed by atoms with Crippen LogP contribution in [-0.4, -0.2) is 53.3 Å². The van der Waals surface area contributed by atoms with Crippen LogP contribution in [0.15, 0.2) is 48.5 Å². The summed E-state index contributed by atoms with van der Waals surface area (Å²) in [6.07, 6.45) is 1.50. The van der Waals surface area contributed by atoms with Gasteiger partial charge in [0.05, 0.1) is 17.4 Å². The lowest BCUT2D eigenvalue weighted by Gasteiger charge is -2.34. The Hall–Kier alpha value is -3.46. The first-order valence-corrected chi connectivity index (χ1v) is 11.4. The molecule has 1 aliphatic rings. The zero-order valence-corrected chi connectivity index (χ0v) is 19.5. The lowest BCUT2D eigenvalue weighted by molar-refractivity contribution is -0.384. The van der Waals surface area contributed by atoms with E-state index in [1.165, 1.54) is 12.1 Å². The standard InChI is InChI=1S/C24H26ClN3O6/c1-2-34-24(31)18-9-6-12-27(15-18)23(30)20(13-16-7-4-3-5-8-16)26-22(29)17-10-11-19(25)21(14-17)28(32)33/h3-5,7-8,10-11,14,18,20H,2,6,9,12-13,15H2,1H3,(H,26,29). The molecule has 0 bridgehead atoms. The van der Waals surface area contributed by atoms with E-state index in [9.17, 15) is 24.5 Å². The van der Waals surface area contributed by atoms with Gasteiger partial charge in [0.1, 0.15) is 11.1 Å². The molecule has 2 aromatic carbocycles. The van der Waals surface area contributed by atoms with Gasteiger partial charge in [0.15, 0.2) is 0 Å². The summed E-state index contributed by atoms with van der Waals surface area (Å²) >= 11 is 5.85. The van der Waals surface area contributed by atoms with Crippen LogP contribution in [0, 0.1) is 16.0 Å². The predicted octanol–water partition coefficient (Wildman–Crippen LogP) is 3.39. The van der Waals surface area contributed by atoms with E-state index < -0.39 is 28.5 Å². The number of hydrogen-bond acceptors (Lipinski definition) is 6. The molecule has 3 rings (SSSR count). The van der Waals surface area contributed by atoms with Crippen LogP contribution in [0.3, 0.4) is 0 Å². The lowest BCUT2D eigenvalue weighted by Crippen LogP contribution is -2.53. The van der Waals surface area contributed by atoms with Crippen LogP contribution in [-0.2, 0) is 20.7 Å². The molecule has 2 amide bonds. The molecule has 2 aromatic rings. The zero-order chi connectivity index (χ0) is 24.7. The van der Waals surface area contributed by atoms with E-state index in [2.05, 4.69) is 5.32 Å². The average molecular weight is 488 g/mol. The van der Waals surface area contributed by atoms with Gasteiger partial charge in [-0.15, -0.1) is 0 Å². The Kier molecular flexibility index (Phi) is 8.59. The molecule has 10 heteroatoms. The maximum Gasteiger partial charge on any atom is 0.310 e. The number of benzene rings is 2. The van der Waals surface area contributed by atoms with E-state index in [1.54, 1.807) is 11.8 Å². The monoisotopic (exact) mass is 487 g/mol. The topological polar surface area (TPSA) is 119 Å². The number of esters is 1. The van der Waals surface area contributed by atoms with Crippen molar-refractivity contribution >= 4 is 35.1 Å². The summed E-state index contributed by atoms with van der Waals surface area (Å²) in [4.78, 5) is 50.7. The summed E-state index contributed by atoms with van der Waals surface area (Å²) in [6, 6.07) is 12.0. The highest BCUT2D eigenvalue weighted by atomic mass is 35.5. The summed E-state index contributed by atoms with van der Waals surface area (Å²) < 4.78 is 5.12. The maximum atomic E-state index is 13.5. The number of hydrogen-bond donors (Lipinski definition) is 1. The number of amides is 2. The van der Waals surface area contributed by atoms with Crippen LogP contribution in [0.2, 0.25) is 5.02 Å². The molecule has 2 atom stereocenters. The molecule has 1 fully saturated rings. The fraction of sp³-hybridized carbons (Fsp3) is 0.375. The highest BCUT2D eigenvalue weighted by molar-refractivity contribution is 6.32. The highest BCUT2D eigenvalue weighted by Crippen LogP contribution is 2.25. The van der Waals surface area contributed by atoms with Crippen molar-refractivity contribution in [2.45, 2.75) is 32.2 Å². The van der Waals surface area contributed by atoms with Crippen molar-refractivity contribution in [2.24, 2.45) is 5.92 Å². The van der Waals surface area contributed by atoms with E-state index >= 15 is 0 Å². The van der Waals surface area contributed by atoms with Gasteiger partial charge in [0.25, 0.3) is 11.6 Å². The van der Waals surface area contributed by atoms with Crippen molar-refractivity contribution < 1.29 is 24.0 Å². The average Bonchev–Trinajstić information content (AvgIpc) is 2.84. The van der Waals surface area contributed by atoms with Crippen LogP contribution in [0.25, 0.3) is 0 Å². The van der Waals surface area contributed by atoms with Gasteiger partial charge in [-0.25, -0.2) is 0 Å². The molecule has 1 heterocycles. The second-order valence-corrected chi connectivity index (χ2v) is 8.42. The first-order chi connectivity index (χ1) is 16.3. The third kappa shape index (κ3) is 6.32. The number of nitro benzene ring substituents is 1. The van der Waals surface area contributed by atoms with Gasteiger partial charge in [-0.1, -0.05) is 41.9 Å². The minimum absolute atomic E-state index is 0.0185. The molecule has 1 saturated heterocycles. The number of nitrogens with one attached hydrogen (secondary N) is 1. The quantitative estimate of drug-likeness (QED) is 0.346. The van der Waals surface area contributed by atoms with Crippen LogP contribution >= 0.6 is 11.6 Å². The Labute approximate surface area is 202 Å². The van der Waals surface area contributed by atoms with Crippen LogP contribution in [0.4, 0.5) is 5.69 Å². The van der Waals surface area contributed by atoms with E-state index in [0.29, 0.717) is 19.4 Å². The van der Waals surface area contributed by atoms with Gasteiger partial charge in [0.2, 0.25) is 5.91 Å². The molecule has 1 N–H and O–H groups in total. The van der Waals surface area contributed by atoms with Gasteiger partial charge in [-0.2, -0.15) is 0 Å². The third-order valence-corrected chi connectivity index (χ3v) is 5.96.